The number of aromatic nitrogens is 4. The zero-order valence-corrected chi connectivity index (χ0v) is 33.7. The van der Waals surface area contributed by atoms with Crippen molar-refractivity contribution in [1.29, 1.82) is 5.26 Å². The predicted molar refractivity (Wildman–Crippen MR) is 215 cm³/mol. The number of imidazole rings is 1. The Morgan fingerprint density at radius 2 is 1.59 bits per heavy atom. The van der Waals surface area contributed by atoms with Crippen molar-refractivity contribution < 1.29 is 28.0 Å². The molecule has 6 rings (SSSR count). The first kappa shape index (κ1) is 40.8. The van der Waals surface area contributed by atoms with Crippen LogP contribution in [-0.2, 0) is 24.1 Å². The largest absolute Gasteiger partial charge is 0.497 e. The molecule has 15 heteroatoms. The Bertz CT molecular complexity index is 2070. The number of nitrogens with zero attached hydrogens (tertiary/aromatic N) is 5. The molecular weight excluding hydrogens is 733 g/mol. The van der Waals surface area contributed by atoms with E-state index in [-0.39, 0.29) is 42.8 Å². The summed E-state index contributed by atoms with van der Waals surface area (Å²) in [6.45, 7) is 8.69. The highest BCUT2D eigenvalue weighted by atomic mass is 31.2. The molecule has 3 heterocycles. The van der Waals surface area contributed by atoms with Gasteiger partial charge in [0.25, 0.3) is 14.1 Å². The molecule has 1 fully saturated rings. The molecule has 4 atom stereocenters. The molecule has 0 bridgehead atoms. The summed E-state index contributed by atoms with van der Waals surface area (Å²) in [4.78, 5) is 24.7. The molecule has 4 unspecified atom stereocenters. The molecule has 0 aliphatic carbocycles. The Labute approximate surface area is 328 Å². The van der Waals surface area contributed by atoms with E-state index in [1.807, 2.05) is 78.9 Å². The molecule has 1 saturated heterocycles. The van der Waals surface area contributed by atoms with Crippen molar-refractivity contribution in [3.8, 4) is 17.6 Å². The van der Waals surface area contributed by atoms with Gasteiger partial charge in [-0.15, -0.1) is 0 Å². The number of methoxy groups -OCH3 is 2. The molecule has 14 nitrogen and oxygen atoms in total. The number of H-pyrrole nitrogens is 1. The van der Waals surface area contributed by atoms with Crippen molar-refractivity contribution in [2.75, 3.05) is 39.8 Å². The maximum atomic E-state index is 12.9. The minimum absolute atomic E-state index is 0.0837. The van der Waals surface area contributed by atoms with Gasteiger partial charge < -0.3 is 33.3 Å². The van der Waals surface area contributed by atoms with Gasteiger partial charge in [-0.3, -0.25) is 14.3 Å². The normalized spacial score (nSPS) is 17.8. The number of ether oxygens (including phenoxy) is 4. The summed E-state index contributed by atoms with van der Waals surface area (Å²) in [5.74, 6) is 1.74. The highest BCUT2D eigenvalue weighted by Gasteiger charge is 2.45. The van der Waals surface area contributed by atoms with Crippen molar-refractivity contribution >= 4 is 25.6 Å². The quantitative estimate of drug-likeness (QED) is 0.0527. The summed E-state index contributed by atoms with van der Waals surface area (Å²) < 4.78 is 42.6. The van der Waals surface area contributed by atoms with E-state index in [1.54, 1.807) is 32.2 Å². The van der Waals surface area contributed by atoms with Crippen LogP contribution in [0.2, 0.25) is 0 Å². The summed E-state index contributed by atoms with van der Waals surface area (Å²) in [7, 11) is 3.32. The van der Waals surface area contributed by atoms with Crippen molar-refractivity contribution in [3.05, 3.63) is 112 Å². The second-order valence-electron chi connectivity index (χ2n) is 13.9. The molecule has 56 heavy (non-hydrogen) atoms. The predicted octanol–water partition coefficient (Wildman–Crippen LogP) is 7.14. The number of benzene rings is 3. The minimum Gasteiger partial charge on any atom is -0.497 e. The number of hydrogen-bond acceptors (Lipinski definition) is 12. The smallest absolute Gasteiger partial charge is 0.280 e. The van der Waals surface area contributed by atoms with Gasteiger partial charge in [-0.05, 0) is 68.7 Å². The fourth-order valence-corrected chi connectivity index (χ4v) is 8.84. The molecule has 2 aromatic heterocycles. The van der Waals surface area contributed by atoms with Crippen LogP contribution in [0, 0.1) is 11.3 Å². The van der Waals surface area contributed by atoms with Gasteiger partial charge in [-0.1, -0.05) is 54.6 Å². The third-order valence-corrected chi connectivity index (χ3v) is 11.8. The van der Waals surface area contributed by atoms with E-state index in [9.17, 15) is 10.1 Å². The lowest BCUT2D eigenvalue weighted by molar-refractivity contribution is -0.0912. The minimum atomic E-state index is -1.64. The monoisotopic (exact) mass is 783 g/mol. The SMILES string of the molecule is CNc1nc2c(ncn2C2CC(OP(OCCC#N)N(C(C)C)C(C)C)C(COC(c3ccccc3)(c3ccc(OC)cc3)c3ccc(OC)cc3)O2)c(=O)[nH]1. The van der Waals surface area contributed by atoms with Crippen LogP contribution in [-0.4, -0.2) is 83.0 Å². The van der Waals surface area contributed by atoms with E-state index in [2.05, 4.69) is 58.7 Å². The topological polar surface area (TPSA) is 158 Å². The van der Waals surface area contributed by atoms with E-state index in [0.717, 1.165) is 16.7 Å². The van der Waals surface area contributed by atoms with Crippen LogP contribution in [0.5, 0.6) is 11.5 Å². The molecule has 2 N–H and O–H groups in total. The van der Waals surface area contributed by atoms with Crippen molar-refractivity contribution in [1.82, 2.24) is 24.2 Å². The lowest BCUT2D eigenvalue weighted by Crippen LogP contribution is -2.39. The molecule has 0 amide bonds. The molecule has 5 aromatic rings. The number of anilines is 1. The second kappa shape index (κ2) is 18.4. The number of nitrogens with one attached hydrogen (secondary N) is 2. The van der Waals surface area contributed by atoms with Gasteiger partial charge in [-0.25, -0.2) is 9.65 Å². The van der Waals surface area contributed by atoms with Gasteiger partial charge in [0.2, 0.25) is 5.95 Å². The molecule has 0 saturated carbocycles. The third kappa shape index (κ3) is 8.59. The van der Waals surface area contributed by atoms with Crippen molar-refractivity contribution in [2.24, 2.45) is 0 Å². The number of nitriles is 1. The first-order valence-electron chi connectivity index (χ1n) is 18.7. The average molecular weight is 784 g/mol. The standard InChI is InChI=1S/C41H50N7O7P/c1-27(2)48(28(3)4)56(53-23-11-22-42)55-34-24-36(47-26-44-37-38(47)45-40(43-5)46-39(37)49)54-35(34)25-52-41(29-12-9-8-10-13-29,30-14-18-32(50-6)19-15-30)31-16-20-33(51-7)21-17-31/h8-10,12-21,26-28,34-36H,11,23-25H2,1-7H3,(H2,43,45,46,49). The zero-order chi connectivity index (χ0) is 39.8. The number of hydrogen-bond donors (Lipinski definition) is 2. The molecule has 0 radical (unpaired) electrons. The lowest BCUT2D eigenvalue weighted by atomic mass is 9.80. The first-order chi connectivity index (χ1) is 27.1. The van der Waals surface area contributed by atoms with Crippen LogP contribution in [0.1, 0.15) is 63.5 Å². The highest BCUT2D eigenvalue weighted by molar-refractivity contribution is 7.44. The summed E-state index contributed by atoms with van der Waals surface area (Å²) in [5.41, 5.74) is 1.74. The van der Waals surface area contributed by atoms with Gasteiger partial charge in [0, 0.05) is 25.6 Å². The lowest BCUT2D eigenvalue weighted by Gasteiger charge is -2.39. The molecule has 3 aromatic carbocycles. The average Bonchev–Trinajstić information content (AvgIpc) is 3.83. The summed E-state index contributed by atoms with van der Waals surface area (Å²) in [6, 6.07) is 28.1. The summed E-state index contributed by atoms with van der Waals surface area (Å²) in [6.07, 6.45) is 0.372. The van der Waals surface area contributed by atoms with Crippen molar-refractivity contribution in [3.63, 3.8) is 0 Å². The van der Waals surface area contributed by atoms with Gasteiger partial charge in [0.1, 0.15) is 29.4 Å². The Balaban J connectivity index is 1.44. The van der Waals surface area contributed by atoms with Gasteiger partial charge in [0.15, 0.2) is 11.2 Å². The Kier molecular flexibility index (Phi) is 13.4. The van der Waals surface area contributed by atoms with Crippen LogP contribution >= 0.6 is 8.53 Å². The van der Waals surface area contributed by atoms with Crippen LogP contribution in [0.15, 0.2) is 90.0 Å². The van der Waals surface area contributed by atoms with Crippen LogP contribution in [0.25, 0.3) is 11.2 Å². The Morgan fingerprint density at radius 1 is 0.982 bits per heavy atom. The fraction of sp³-hybridized carbons (Fsp3) is 0.415. The van der Waals surface area contributed by atoms with E-state index in [1.165, 1.54) is 0 Å². The van der Waals surface area contributed by atoms with Crippen LogP contribution in [0.4, 0.5) is 5.95 Å². The molecule has 1 aliphatic rings. The number of aromatic amines is 1. The number of fused-ring (bicyclic) bond motifs is 1. The van der Waals surface area contributed by atoms with Crippen LogP contribution < -0.4 is 20.3 Å². The van der Waals surface area contributed by atoms with Gasteiger partial charge in [-0.2, -0.15) is 10.2 Å². The molecule has 0 spiro atoms. The first-order valence-corrected chi connectivity index (χ1v) is 19.8. The summed E-state index contributed by atoms with van der Waals surface area (Å²) in [5, 5.41) is 12.3. The summed E-state index contributed by atoms with van der Waals surface area (Å²) >= 11 is 0. The maximum absolute atomic E-state index is 12.9. The van der Waals surface area contributed by atoms with E-state index < -0.39 is 32.6 Å². The second-order valence-corrected chi connectivity index (χ2v) is 15.3. The van der Waals surface area contributed by atoms with Crippen molar-refractivity contribution in [2.45, 2.75) is 76.7 Å². The third-order valence-electron chi connectivity index (χ3n) is 9.69. The number of rotatable bonds is 18. The zero-order valence-electron chi connectivity index (χ0n) is 32.8. The Hall–Kier alpha value is -4.87. The van der Waals surface area contributed by atoms with E-state index >= 15 is 0 Å². The van der Waals surface area contributed by atoms with E-state index in [4.69, 9.17) is 28.0 Å². The molecular formula is C41H50N7O7P. The van der Waals surface area contributed by atoms with Crippen LogP contribution in [0.3, 0.4) is 0 Å². The van der Waals surface area contributed by atoms with Gasteiger partial charge in [0.05, 0.1) is 52.4 Å². The van der Waals surface area contributed by atoms with Gasteiger partial charge >= 0.3 is 0 Å². The van der Waals surface area contributed by atoms with E-state index in [0.29, 0.717) is 29.5 Å². The fourth-order valence-electron chi connectivity index (χ4n) is 7.08. The highest BCUT2D eigenvalue weighted by Crippen LogP contribution is 2.51. The molecule has 296 valence electrons. The Morgan fingerprint density at radius 3 is 2.14 bits per heavy atom. The molecule has 1 aliphatic heterocycles. The maximum Gasteiger partial charge on any atom is 0.280 e.